The van der Waals surface area contributed by atoms with Gasteiger partial charge in [-0.3, -0.25) is 0 Å². The first kappa shape index (κ1) is 11.3. The molecule has 3 rings (SSSR count). The van der Waals surface area contributed by atoms with Gasteiger partial charge in [-0.2, -0.15) is 5.10 Å². The first-order valence-corrected chi connectivity index (χ1v) is 5.71. The summed E-state index contributed by atoms with van der Waals surface area (Å²) < 4.78 is 7.34. The van der Waals surface area contributed by atoms with Crippen LogP contribution in [-0.2, 0) is 0 Å². The minimum absolute atomic E-state index is 0.0193. The highest BCUT2D eigenvalue weighted by atomic mass is 16.5. The largest absolute Gasteiger partial charge is 0.506 e. The van der Waals surface area contributed by atoms with Crippen LogP contribution in [0, 0.1) is 6.92 Å². The van der Waals surface area contributed by atoms with Crippen LogP contribution in [0.25, 0.3) is 5.52 Å². The van der Waals surface area contributed by atoms with Gasteiger partial charge in [-0.25, -0.2) is 9.50 Å². The molecule has 0 bridgehead atoms. The van der Waals surface area contributed by atoms with E-state index >= 15 is 0 Å². The summed E-state index contributed by atoms with van der Waals surface area (Å²) in [4.78, 5) is 4.17. The second kappa shape index (κ2) is 4.16. The van der Waals surface area contributed by atoms with Crippen LogP contribution < -0.4 is 10.5 Å². The molecule has 0 spiro atoms. The van der Waals surface area contributed by atoms with Gasteiger partial charge in [-0.05, 0) is 25.1 Å². The molecule has 3 aromatic rings. The van der Waals surface area contributed by atoms with Gasteiger partial charge in [-0.15, -0.1) is 0 Å². The lowest BCUT2D eigenvalue weighted by Gasteiger charge is -2.09. The molecule has 96 valence electrons. The van der Waals surface area contributed by atoms with Crippen molar-refractivity contribution in [2.24, 2.45) is 0 Å². The molecule has 0 aliphatic carbocycles. The Labute approximate surface area is 109 Å². The number of anilines is 1. The van der Waals surface area contributed by atoms with E-state index in [1.54, 1.807) is 29.0 Å². The van der Waals surface area contributed by atoms with Crippen molar-refractivity contribution in [2.45, 2.75) is 6.92 Å². The standard InChI is InChI=1S/C13H12N4O2/c1-8-7-9-13(15-5-6-17(9)16-8)19-11-4-2-3-10(18)12(11)14/h2-7,18H,14H2,1H3. The monoisotopic (exact) mass is 256 g/mol. The Morgan fingerprint density at radius 2 is 2.21 bits per heavy atom. The first-order valence-electron chi connectivity index (χ1n) is 5.71. The highest BCUT2D eigenvalue weighted by Crippen LogP contribution is 2.34. The normalized spacial score (nSPS) is 10.8. The molecule has 0 amide bonds. The summed E-state index contributed by atoms with van der Waals surface area (Å²) in [5.74, 6) is 0.731. The summed E-state index contributed by atoms with van der Waals surface area (Å²) >= 11 is 0. The number of hydrogen-bond acceptors (Lipinski definition) is 5. The average Bonchev–Trinajstić information content (AvgIpc) is 2.76. The van der Waals surface area contributed by atoms with E-state index in [1.165, 1.54) is 6.07 Å². The van der Waals surface area contributed by atoms with Crippen LogP contribution >= 0.6 is 0 Å². The fraction of sp³-hybridized carbons (Fsp3) is 0.0769. The first-order chi connectivity index (χ1) is 9.15. The molecule has 2 aromatic heterocycles. The van der Waals surface area contributed by atoms with E-state index in [-0.39, 0.29) is 11.4 Å². The third-order valence-corrected chi connectivity index (χ3v) is 2.73. The molecule has 19 heavy (non-hydrogen) atoms. The average molecular weight is 256 g/mol. The van der Waals surface area contributed by atoms with Gasteiger partial charge in [0, 0.05) is 12.4 Å². The Hall–Kier alpha value is -2.76. The summed E-state index contributed by atoms with van der Waals surface area (Å²) in [5, 5.41) is 13.8. The van der Waals surface area contributed by atoms with Gasteiger partial charge in [0.1, 0.15) is 17.0 Å². The van der Waals surface area contributed by atoms with Crippen molar-refractivity contribution in [2.75, 3.05) is 5.73 Å². The van der Waals surface area contributed by atoms with Crippen LogP contribution in [0.1, 0.15) is 5.69 Å². The lowest BCUT2D eigenvalue weighted by Crippen LogP contribution is -1.96. The number of rotatable bonds is 2. The van der Waals surface area contributed by atoms with Crippen LogP contribution in [0.3, 0.4) is 0 Å². The fourth-order valence-corrected chi connectivity index (χ4v) is 1.82. The highest BCUT2D eigenvalue weighted by Gasteiger charge is 2.11. The van der Waals surface area contributed by atoms with Crippen LogP contribution in [0.2, 0.25) is 0 Å². The number of benzene rings is 1. The number of para-hydroxylation sites is 1. The van der Waals surface area contributed by atoms with Gasteiger partial charge >= 0.3 is 0 Å². The van der Waals surface area contributed by atoms with E-state index in [0.717, 1.165) is 11.2 Å². The predicted octanol–water partition coefficient (Wildman–Crippen LogP) is 2.12. The quantitative estimate of drug-likeness (QED) is 0.541. The minimum atomic E-state index is -0.0193. The number of aryl methyl sites for hydroxylation is 1. The molecule has 0 aliphatic rings. The number of hydrogen-bond donors (Lipinski definition) is 2. The summed E-state index contributed by atoms with van der Waals surface area (Å²) in [6.45, 7) is 1.89. The summed E-state index contributed by atoms with van der Waals surface area (Å²) in [6.07, 6.45) is 3.33. The Morgan fingerprint density at radius 1 is 1.37 bits per heavy atom. The van der Waals surface area contributed by atoms with Crippen molar-refractivity contribution in [3.8, 4) is 17.4 Å². The van der Waals surface area contributed by atoms with E-state index in [2.05, 4.69) is 10.1 Å². The topological polar surface area (TPSA) is 85.7 Å². The second-order valence-corrected chi connectivity index (χ2v) is 4.14. The highest BCUT2D eigenvalue weighted by molar-refractivity contribution is 5.65. The van der Waals surface area contributed by atoms with Crippen molar-refractivity contribution in [1.82, 2.24) is 14.6 Å². The number of ether oxygens (including phenoxy) is 1. The van der Waals surface area contributed by atoms with E-state index in [4.69, 9.17) is 10.5 Å². The zero-order valence-corrected chi connectivity index (χ0v) is 10.2. The number of nitrogens with zero attached hydrogens (tertiary/aromatic N) is 3. The van der Waals surface area contributed by atoms with Gasteiger partial charge in [0.05, 0.1) is 5.69 Å². The van der Waals surface area contributed by atoms with E-state index < -0.39 is 0 Å². The molecular weight excluding hydrogens is 244 g/mol. The number of aromatic hydroxyl groups is 1. The molecule has 0 aliphatic heterocycles. The molecule has 0 saturated carbocycles. The SMILES string of the molecule is Cc1cc2c(Oc3cccc(O)c3N)nccn2n1. The number of aromatic nitrogens is 3. The molecule has 1 aromatic carbocycles. The molecule has 0 radical (unpaired) electrons. The summed E-state index contributed by atoms with van der Waals surface area (Å²) in [7, 11) is 0. The number of phenolic OH excluding ortho intramolecular Hbond substituents is 1. The predicted molar refractivity (Wildman–Crippen MR) is 70.3 cm³/mol. The Bertz CT molecular complexity index is 751. The maximum absolute atomic E-state index is 9.55. The second-order valence-electron chi connectivity index (χ2n) is 4.14. The Kier molecular flexibility index (Phi) is 2.49. The van der Waals surface area contributed by atoms with Crippen molar-refractivity contribution in [3.05, 3.63) is 42.4 Å². The summed E-state index contributed by atoms with van der Waals surface area (Å²) in [6, 6.07) is 6.69. The van der Waals surface area contributed by atoms with Gasteiger partial charge in [0.15, 0.2) is 5.75 Å². The summed E-state index contributed by atoms with van der Waals surface area (Å²) in [5.41, 5.74) is 7.54. The lowest BCUT2D eigenvalue weighted by molar-refractivity contribution is 0.451. The van der Waals surface area contributed by atoms with Crippen LogP contribution in [0.4, 0.5) is 5.69 Å². The maximum atomic E-state index is 9.55. The minimum Gasteiger partial charge on any atom is -0.506 e. The van der Waals surface area contributed by atoms with Gasteiger partial charge < -0.3 is 15.6 Å². The lowest BCUT2D eigenvalue weighted by atomic mass is 10.3. The molecule has 2 heterocycles. The maximum Gasteiger partial charge on any atom is 0.245 e. The van der Waals surface area contributed by atoms with Crippen molar-refractivity contribution >= 4 is 11.2 Å². The molecule has 0 atom stereocenters. The van der Waals surface area contributed by atoms with E-state index in [0.29, 0.717) is 11.6 Å². The molecule has 0 fully saturated rings. The molecular formula is C13H12N4O2. The number of fused-ring (bicyclic) bond motifs is 1. The van der Waals surface area contributed by atoms with Gasteiger partial charge in [-0.1, -0.05) is 6.07 Å². The van der Waals surface area contributed by atoms with Gasteiger partial charge in [0.25, 0.3) is 0 Å². The van der Waals surface area contributed by atoms with Crippen molar-refractivity contribution in [3.63, 3.8) is 0 Å². The molecule has 6 nitrogen and oxygen atoms in total. The van der Waals surface area contributed by atoms with Crippen LogP contribution in [-0.4, -0.2) is 19.7 Å². The van der Waals surface area contributed by atoms with Crippen LogP contribution in [0.15, 0.2) is 36.7 Å². The molecule has 6 heteroatoms. The molecule has 0 saturated heterocycles. The van der Waals surface area contributed by atoms with Crippen molar-refractivity contribution < 1.29 is 9.84 Å². The van der Waals surface area contributed by atoms with Crippen LogP contribution in [0.5, 0.6) is 17.4 Å². The number of nitrogens with two attached hydrogens (primary N) is 1. The molecule has 0 unspecified atom stereocenters. The van der Waals surface area contributed by atoms with Crippen molar-refractivity contribution in [1.29, 1.82) is 0 Å². The molecule has 3 N–H and O–H groups in total. The zero-order chi connectivity index (χ0) is 13.4. The van der Waals surface area contributed by atoms with Gasteiger partial charge in [0.2, 0.25) is 5.88 Å². The van der Waals surface area contributed by atoms with E-state index in [9.17, 15) is 5.11 Å². The zero-order valence-electron chi connectivity index (χ0n) is 10.2. The fourth-order valence-electron chi connectivity index (χ4n) is 1.82. The smallest absolute Gasteiger partial charge is 0.245 e. The third-order valence-electron chi connectivity index (χ3n) is 2.73. The Morgan fingerprint density at radius 3 is 3.05 bits per heavy atom. The number of nitrogen functional groups attached to an aromatic ring is 1. The van der Waals surface area contributed by atoms with E-state index in [1.807, 2.05) is 13.0 Å². The number of phenols is 1. The Balaban J connectivity index is 2.08. The third kappa shape index (κ3) is 1.93.